The van der Waals surface area contributed by atoms with E-state index >= 15 is 0 Å². The Bertz CT molecular complexity index is 1480. The second-order valence-corrected chi connectivity index (χ2v) is 10.4. The molecule has 38 heavy (non-hydrogen) atoms. The van der Waals surface area contributed by atoms with Crippen molar-refractivity contribution in [1.29, 1.82) is 5.26 Å². The summed E-state index contributed by atoms with van der Waals surface area (Å²) >= 11 is 4.25. The molecule has 4 aromatic rings. The Hall–Kier alpha value is -3.43. The van der Waals surface area contributed by atoms with Crippen LogP contribution in [0.3, 0.4) is 0 Å². The number of anilines is 1. The highest BCUT2D eigenvalue weighted by Crippen LogP contribution is 2.31. The van der Waals surface area contributed by atoms with Crippen molar-refractivity contribution in [3.05, 3.63) is 126 Å². The zero-order valence-corrected chi connectivity index (χ0v) is 24.3. The van der Waals surface area contributed by atoms with Crippen LogP contribution in [-0.2, 0) is 18.0 Å². The third-order valence-electron chi connectivity index (χ3n) is 5.39. The Morgan fingerprint density at radius 2 is 1.55 bits per heavy atom. The van der Waals surface area contributed by atoms with Gasteiger partial charge in [-0.25, -0.2) is 4.39 Å². The van der Waals surface area contributed by atoms with Crippen LogP contribution in [0.15, 0.2) is 96.6 Å². The van der Waals surface area contributed by atoms with Gasteiger partial charge in [0.25, 0.3) is 5.91 Å². The summed E-state index contributed by atoms with van der Waals surface area (Å²) in [6.45, 7) is 0.536. The van der Waals surface area contributed by atoms with Gasteiger partial charge in [0, 0.05) is 11.3 Å². The van der Waals surface area contributed by atoms with Crippen LogP contribution in [0.5, 0.6) is 11.5 Å². The first-order valence-electron chi connectivity index (χ1n) is 11.5. The monoisotopic (exact) mass is 730 g/mol. The number of nitriles is 1. The number of carbonyl (C=O) groups is 1. The lowest BCUT2D eigenvalue weighted by Gasteiger charge is -2.12. The molecule has 0 fully saturated rings. The van der Waals surface area contributed by atoms with Crippen molar-refractivity contribution in [1.82, 2.24) is 0 Å². The number of rotatable bonds is 9. The fourth-order valence-electron chi connectivity index (χ4n) is 3.46. The Labute approximate surface area is 247 Å². The van der Waals surface area contributed by atoms with Crippen molar-refractivity contribution in [2.45, 2.75) is 13.2 Å². The van der Waals surface area contributed by atoms with E-state index in [1.165, 1.54) is 12.1 Å². The molecule has 0 unspecified atom stereocenters. The largest absolute Gasteiger partial charge is 0.489 e. The number of carbonyl (C=O) groups excluding carboxylic acids is 1. The molecule has 0 saturated carbocycles. The topological polar surface area (TPSA) is 71.3 Å². The minimum Gasteiger partial charge on any atom is -0.489 e. The van der Waals surface area contributed by atoms with E-state index in [2.05, 4.69) is 50.5 Å². The van der Waals surface area contributed by atoms with Crippen molar-refractivity contribution in [2.75, 3.05) is 5.32 Å². The van der Waals surface area contributed by atoms with Gasteiger partial charge < -0.3 is 14.8 Å². The number of amides is 1. The van der Waals surface area contributed by atoms with Gasteiger partial charge in [-0.3, -0.25) is 4.79 Å². The molecule has 5 nitrogen and oxygen atoms in total. The molecule has 0 saturated heterocycles. The molecule has 8 heteroatoms. The lowest BCUT2D eigenvalue weighted by molar-refractivity contribution is -0.112. The second-order valence-electron chi connectivity index (χ2n) is 8.12. The minimum atomic E-state index is -0.518. The van der Waals surface area contributed by atoms with Crippen molar-refractivity contribution in [3.8, 4) is 17.6 Å². The molecule has 0 atom stereocenters. The highest BCUT2D eigenvalue weighted by atomic mass is 127. The van der Waals surface area contributed by atoms with Gasteiger partial charge in [0.2, 0.25) is 0 Å². The van der Waals surface area contributed by atoms with Gasteiger partial charge in [-0.2, -0.15) is 5.26 Å². The predicted octanol–water partition coefficient (Wildman–Crippen LogP) is 7.74. The first-order valence-corrected chi connectivity index (χ1v) is 13.6. The van der Waals surface area contributed by atoms with Gasteiger partial charge in [0.05, 0.1) is 7.14 Å². The van der Waals surface area contributed by atoms with Crippen molar-refractivity contribution >= 4 is 62.9 Å². The van der Waals surface area contributed by atoms with Gasteiger partial charge in [-0.1, -0.05) is 48.5 Å². The van der Waals surface area contributed by atoms with E-state index in [0.29, 0.717) is 34.9 Å². The lowest BCUT2D eigenvalue weighted by atomic mass is 10.1. The summed E-state index contributed by atoms with van der Waals surface area (Å²) < 4.78 is 27.1. The van der Waals surface area contributed by atoms with Gasteiger partial charge in [0.15, 0.2) is 0 Å². The van der Waals surface area contributed by atoms with E-state index in [4.69, 9.17) is 9.47 Å². The van der Waals surface area contributed by atoms with Gasteiger partial charge in [-0.05, 0) is 105 Å². The second kappa shape index (κ2) is 13.4. The van der Waals surface area contributed by atoms with Gasteiger partial charge in [-0.15, -0.1) is 0 Å². The van der Waals surface area contributed by atoms with Crippen LogP contribution in [0.1, 0.15) is 16.7 Å². The summed E-state index contributed by atoms with van der Waals surface area (Å²) in [6, 6.07) is 28.9. The van der Waals surface area contributed by atoms with Crippen LogP contribution in [0, 0.1) is 24.3 Å². The summed E-state index contributed by atoms with van der Waals surface area (Å²) in [6.07, 6.45) is 1.53. The molecule has 190 valence electrons. The Morgan fingerprint density at radius 3 is 2.21 bits per heavy atom. The third-order valence-corrected chi connectivity index (χ3v) is 6.99. The zero-order valence-electron chi connectivity index (χ0n) is 20.0. The van der Waals surface area contributed by atoms with E-state index in [9.17, 15) is 14.4 Å². The number of hydrogen-bond donors (Lipinski definition) is 1. The molecule has 0 spiro atoms. The Balaban J connectivity index is 1.40. The SMILES string of the molecule is N#C/C(=C\c1cc(I)c(OCc2ccccc2F)c(I)c1)C(=O)Nc1ccc(OCc2ccccc2)cc1. The standard InChI is InChI=1S/C30H21FI2N2O3/c31-26-9-5-4-8-22(26)19-38-29-27(32)15-21(16-28(29)33)14-23(17-34)30(36)35-24-10-12-25(13-11-24)37-18-20-6-2-1-3-7-20/h1-16H,18-19H2,(H,35,36)/b23-14+. The van der Waals surface area contributed by atoms with Crippen LogP contribution in [0.4, 0.5) is 10.1 Å². The molecular weight excluding hydrogens is 709 g/mol. The lowest BCUT2D eigenvalue weighted by Crippen LogP contribution is -2.13. The highest BCUT2D eigenvalue weighted by Gasteiger charge is 2.13. The highest BCUT2D eigenvalue weighted by molar-refractivity contribution is 14.1. The van der Waals surface area contributed by atoms with Crippen LogP contribution >= 0.6 is 45.2 Å². The Kier molecular flexibility index (Phi) is 9.73. The number of hydrogen-bond acceptors (Lipinski definition) is 4. The number of nitrogens with zero attached hydrogens (tertiary/aromatic N) is 1. The maximum absolute atomic E-state index is 13.9. The third kappa shape index (κ3) is 7.55. The molecular formula is C30H21FI2N2O3. The number of ether oxygens (including phenoxy) is 2. The normalized spacial score (nSPS) is 10.9. The maximum atomic E-state index is 13.9. The molecule has 0 aliphatic heterocycles. The van der Waals surface area contributed by atoms with Crippen molar-refractivity contribution in [2.24, 2.45) is 0 Å². The van der Waals surface area contributed by atoms with E-state index < -0.39 is 5.91 Å². The van der Waals surface area contributed by atoms with Crippen LogP contribution < -0.4 is 14.8 Å². The average Bonchev–Trinajstić information content (AvgIpc) is 2.92. The summed E-state index contributed by atoms with van der Waals surface area (Å²) in [4.78, 5) is 12.8. The molecule has 1 N–H and O–H groups in total. The average molecular weight is 730 g/mol. The van der Waals surface area contributed by atoms with Gasteiger partial charge in [0.1, 0.15) is 42.2 Å². The molecule has 0 aliphatic rings. The predicted molar refractivity (Wildman–Crippen MR) is 162 cm³/mol. The molecule has 4 aromatic carbocycles. The summed E-state index contributed by atoms with van der Waals surface area (Å²) in [5.74, 6) is 0.444. The quantitative estimate of drug-likeness (QED) is 0.109. The number of nitrogens with one attached hydrogen (secondary N) is 1. The summed E-state index contributed by atoms with van der Waals surface area (Å²) in [5, 5.41) is 12.4. The van der Waals surface area contributed by atoms with Crippen LogP contribution in [0.25, 0.3) is 6.08 Å². The van der Waals surface area contributed by atoms with E-state index in [-0.39, 0.29) is 18.0 Å². The fraction of sp³-hybridized carbons (Fsp3) is 0.0667. The smallest absolute Gasteiger partial charge is 0.266 e. The number of halogens is 3. The summed E-state index contributed by atoms with van der Waals surface area (Å²) in [7, 11) is 0. The first-order chi connectivity index (χ1) is 18.4. The fourth-order valence-corrected chi connectivity index (χ4v) is 5.58. The minimum absolute atomic E-state index is 0.0407. The van der Waals surface area contributed by atoms with E-state index in [1.807, 2.05) is 48.5 Å². The zero-order chi connectivity index (χ0) is 26.9. The van der Waals surface area contributed by atoms with Crippen molar-refractivity contribution < 1.29 is 18.7 Å². The van der Waals surface area contributed by atoms with Crippen molar-refractivity contribution in [3.63, 3.8) is 0 Å². The molecule has 4 rings (SSSR count). The molecule has 0 aliphatic carbocycles. The molecule has 1 amide bonds. The molecule has 0 bridgehead atoms. The molecule has 0 heterocycles. The molecule has 0 radical (unpaired) electrons. The van der Waals surface area contributed by atoms with E-state index in [0.717, 1.165) is 12.7 Å². The first kappa shape index (κ1) is 27.6. The van der Waals surface area contributed by atoms with Crippen LogP contribution in [0.2, 0.25) is 0 Å². The number of benzene rings is 4. The van der Waals surface area contributed by atoms with Gasteiger partial charge >= 0.3 is 0 Å². The molecule has 0 aromatic heterocycles. The Morgan fingerprint density at radius 1 is 0.895 bits per heavy atom. The maximum Gasteiger partial charge on any atom is 0.266 e. The van der Waals surface area contributed by atoms with Crippen LogP contribution in [-0.4, -0.2) is 5.91 Å². The summed E-state index contributed by atoms with van der Waals surface area (Å²) in [5.41, 5.74) is 2.70. The van der Waals surface area contributed by atoms with E-state index in [1.54, 1.807) is 42.5 Å².